The third-order valence-electron chi connectivity index (χ3n) is 1.76. The Morgan fingerprint density at radius 2 is 2.36 bits per heavy atom. The van der Waals surface area contributed by atoms with E-state index >= 15 is 0 Å². The number of carbonyl (C=O) groups is 1. The molecule has 1 aromatic heterocycles. The monoisotopic (exact) mass is 169 g/mol. The van der Waals surface area contributed by atoms with Crippen molar-refractivity contribution in [3.63, 3.8) is 0 Å². The SMILES string of the molecule is Cc1scc(CNC=O)c1C. The molecule has 1 N–H and O–H groups in total. The van der Waals surface area contributed by atoms with E-state index in [0.717, 1.165) is 6.41 Å². The van der Waals surface area contributed by atoms with E-state index in [0.29, 0.717) is 6.54 Å². The predicted molar refractivity (Wildman–Crippen MR) is 46.7 cm³/mol. The molecule has 0 fully saturated rings. The molecule has 0 aliphatic heterocycles. The molecule has 0 saturated carbocycles. The highest BCUT2D eigenvalue weighted by molar-refractivity contribution is 7.10. The molecule has 2 nitrogen and oxygen atoms in total. The minimum Gasteiger partial charge on any atom is -0.355 e. The first-order valence-corrected chi connectivity index (χ1v) is 4.34. The summed E-state index contributed by atoms with van der Waals surface area (Å²) in [6, 6.07) is 0. The Labute approximate surface area is 70.2 Å². The lowest BCUT2D eigenvalue weighted by molar-refractivity contribution is -0.109. The maximum absolute atomic E-state index is 9.99. The molecule has 0 unspecified atom stereocenters. The third kappa shape index (κ3) is 1.80. The highest BCUT2D eigenvalue weighted by atomic mass is 32.1. The van der Waals surface area contributed by atoms with Gasteiger partial charge in [0.25, 0.3) is 0 Å². The fourth-order valence-electron chi connectivity index (χ4n) is 0.888. The van der Waals surface area contributed by atoms with Crippen LogP contribution in [-0.2, 0) is 11.3 Å². The Morgan fingerprint density at radius 1 is 1.64 bits per heavy atom. The number of carbonyl (C=O) groups excluding carboxylic acids is 1. The molecule has 1 aromatic rings. The highest BCUT2D eigenvalue weighted by Gasteiger charge is 2.01. The van der Waals surface area contributed by atoms with E-state index in [1.54, 1.807) is 11.3 Å². The van der Waals surface area contributed by atoms with Crippen LogP contribution in [0.3, 0.4) is 0 Å². The lowest BCUT2D eigenvalue weighted by Crippen LogP contribution is -2.09. The molecule has 0 atom stereocenters. The van der Waals surface area contributed by atoms with E-state index in [9.17, 15) is 4.79 Å². The van der Waals surface area contributed by atoms with Crippen LogP contribution in [0.1, 0.15) is 16.0 Å². The van der Waals surface area contributed by atoms with Gasteiger partial charge in [-0.1, -0.05) is 0 Å². The smallest absolute Gasteiger partial charge is 0.207 e. The fourth-order valence-corrected chi connectivity index (χ4v) is 1.78. The Morgan fingerprint density at radius 3 is 2.82 bits per heavy atom. The number of thiophene rings is 1. The Hall–Kier alpha value is -0.830. The average Bonchev–Trinajstić information content (AvgIpc) is 2.31. The normalized spacial score (nSPS) is 9.64. The maximum Gasteiger partial charge on any atom is 0.207 e. The molecule has 1 rings (SSSR count). The predicted octanol–water partition coefficient (Wildman–Crippen LogP) is 1.61. The zero-order valence-corrected chi connectivity index (χ0v) is 7.49. The van der Waals surface area contributed by atoms with Crippen molar-refractivity contribution in [1.82, 2.24) is 5.32 Å². The van der Waals surface area contributed by atoms with Crippen molar-refractivity contribution in [2.24, 2.45) is 0 Å². The Balaban J connectivity index is 2.70. The largest absolute Gasteiger partial charge is 0.355 e. The molecule has 0 aliphatic carbocycles. The minimum atomic E-state index is 0.652. The number of aryl methyl sites for hydroxylation is 1. The van der Waals surface area contributed by atoms with Crippen LogP contribution in [0.25, 0.3) is 0 Å². The fraction of sp³-hybridized carbons (Fsp3) is 0.375. The second-order valence-corrected chi connectivity index (χ2v) is 3.52. The number of amides is 1. The third-order valence-corrected chi connectivity index (χ3v) is 2.83. The summed E-state index contributed by atoms with van der Waals surface area (Å²) in [5, 5.41) is 4.73. The summed E-state index contributed by atoms with van der Waals surface area (Å²) in [5.74, 6) is 0. The quantitative estimate of drug-likeness (QED) is 0.684. The summed E-state index contributed by atoms with van der Waals surface area (Å²) < 4.78 is 0. The van der Waals surface area contributed by atoms with Crippen LogP contribution >= 0.6 is 11.3 Å². The van der Waals surface area contributed by atoms with Gasteiger partial charge in [-0.05, 0) is 30.4 Å². The summed E-state index contributed by atoms with van der Waals surface area (Å²) in [6.45, 7) is 4.82. The van der Waals surface area contributed by atoms with Crippen molar-refractivity contribution >= 4 is 17.7 Å². The van der Waals surface area contributed by atoms with E-state index in [2.05, 4.69) is 24.5 Å². The van der Waals surface area contributed by atoms with E-state index < -0.39 is 0 Å². The molecule has 1 heterocycles. The molecule has 3 heteroatoms. The molecule has 1 amide bonds. The zero-order valence-electron chi connectivity index (χ0n) is 6.68. The van der Waals surface area contributed by atoms with Crippen molar-refractivity contribution in [1.29, 1.82) is 0 Å². The number of hydrogen-bond donors (Lipinski definition) is 1. The van der Waals surface area contributed by atoms with Crippen LogP contribution < -0.4 is 5.32 Å². The molecule has 0 spiro atoms. The summed E-state index contributed by atoms with van der Waals surface area (Å²) >= 11 is 1.73. The van der Waals surface area contributed by atoms with Gasteiger partial charge in [0, 0.05) is 11.4 Å². The van der Waals surface area contributed by atoms with Crippen molar-refractivity contribution < 1.29 is 4.79 Å². The topological polar surface area (TPSA) is 29.1 Å². The molecule has 0 aliphatic rings. The van der Waals surface area contributed by atoms with Crippen LogP contribution in [-0.4, -0.2) is 6.41 Å². The van der Waals surface area contributed by atoms with Crippen molar-refractivity contribution in [3.05, 3.63) is 21.4 Å². The summed E-state index contributed by atoms with van der Waals surface area (Å²) in [6.07, 6.45) is 0.729. The second-order valence-electron chi connectivity index (χ2n) is 2.44. The van der Waals surface area contributed by atoms with Crippen LogP contribution in [0, 0.1) is 13.8 Å². The second kappa shape index (κ2) is 3.53. The van der Waals surface area contributed by atoms with Crippen molar-refractivity contribution in [2.75, 3.05) is 0 Å². The maximum atomic E-state index is 9.99. The summed E-state index contributed by atoms with van der Waals surface area (Å²) in [5.41, 5.74) is 2.52. The summed E-state index contributed by atoms with van der Waals surface area (Å²) in [4.78, 5) is 11.3. The number of nitrogens with one attached hydrogen (secondary N) is 1. The molecular weight excluding hydrogens is 158 g/mol. The van der Waals surface area contributed by atoms with Crippen molar-refractivity contribution in [3.8, 4) is 0 Å². The van der Waals surface area contributed by atoms with Gasteiger partial charge in [-0.25, -0.2) is 0 Å². The number of hydrogen-bond acceptors (Lipinski definition) is 2. The van der Waals surface area contributed by atoms with E-state index in [4.69, 9.17) is 0 Å². The first-order valence-electron chi connectivity index (χ1n) is 3.46. The average molecular weight is 169 g/mol. The Kier molecular flexibility index (Phi) is 2.65. The van der Waals surface area contributed by atoms with Crippen LogP contribution in [0.4, 0.5) is 0 Å². The first kappa shape index (κ1) is 8.27. The van der Waals surface area contributed by atoms with Gasteiger partial charge in [-0.15, -0.1) is 11.3 Å². The lowest BCUT2D eigenvalue weighted by Gasteiger charge is -1.97. The van der Waals surface area contributed by atoms with Gasteiger partial charge in [-0.3, -0.25) is 4.79 Å². The molecule has 11 heavy (non-hydrogen) atoms. The van der Waals surface area contributed by atoms with E-state index in [1.807, 2.05) is 0 Å². The van der Waals surface area contributed by atoms with Gasteiger partial charge >= 0.3 is 0 Å². The zero-order chi connectivity index (χ0) is 8.27. The molecule has 0 bridgehead atoms. The Bertz CT molecular complexity index is 255. The molecule has 0 radical (unpaired) electrons. The van der Waals surface area contributed by atoms with Gasteiger partial charge in [0.1, 0.15) is 0 Å². The van der Waals surface area contributed by atoms with Gasteiger partial charge < -0.3 is 5.32 Å². The van der Waals surface area contributed by atoms with Crippen LogP contribution in [0.2, 0.25) is 0 Å². The molecular formula is C8H11NOS. The van der Waals surface area contributed by atoms with Crippen LogP contribution in [0.5, 0.6) is 0 Å². The van der Waals surface area contributed by atoms with Gasteiger partial charge in [0.2, 0.25) is 6.41 Å². The lowest BCUT2D eigenvalue weighted by atomic mass is 10.2. The molecule has 0 aromatic carbocycles. The van der Waals surface area contributed by atoms with Crippen molar-refractivity contribution in [2.45, 2.75) is 20.4 Å². The molecule has 60 valence electrons. The highest BCUT2D eigenvalue weighted by Crippen LogP contribution is 2.19. The number of rotatable bonds is 3. The standard InChI is InChI=1S/C8H11NOS/c1-6-7(2)11-4-8(6)3-9-5-10/h4-5H,3H2,1-2H3,(H,9,10). The van der Waals surface area contributed by atoms with E-state index in [-0.39, 0.29) is 0 Å². The van der Waals surface area contributed by atoms with Gasteiger partial charge in [0.05, 0.1) is 0 Å². The first-order chi connectivity index (χ1) is 5.25. The summed E-state index contributed by atoms with van der Waals surface area (Å²) in [7, 11) is 0. The minimum absolute atomic E-state index is 0.652. The molecule has 0 saturated heterocycles. The van der Waals surface area contributed by atoms with E-state index in [1.165, 1.54) is 16.0 Å². The van der Waals surface area contributed by atoms with Crippen LogP contribution in [0.15, 0.2) is 5.38 Å². The van der Waals surface area contributed by atoms with Gasteiger partial charge in [-0.2, -0.15) is 0 Å². The van der Waals surface area contributed by atoms with Gasteiger partial charge in [0.15, 0.2) is 0 Å².